The Kier molecular flexibility index (Phi) is 8.50. The number of alkyl carbamates (subject to hydrolysis) is 1. The minimum atomic E-state index is -0.441. The molecule has 0 unspecified atom stereocenters. The standard InChI is InChI=1S/C18H26N2O3/c1-14(2)17(11-7-8-12-19-15(3)21)20-18(22)23-13-16-9-5-4-6-10-16/h4-6,9-10,17H,1,7-8,11-13H2,2-3H3,(H,19,21)(H,20,22)/t17-/m0/s1. The summed E-state index contributed by atoms with van der Waals surface area (Å²) >= 11 is 0. The predicted octanol–water partition coefficient (Wildman–Crippen LogP) is 3.16. The van der Waals surface area contributed by atoms with Gasteiger partial charge in [-0.1, -0.05) is 42.5 Å². The van der Waals surface area contributed by atoms with Crippen LogP contribution in [0.1, 0.15) is 38.7 Å². The van der Waals surface area contributed by atoms with E-state index >= 15 is 0 Å². The van der Waals surface area contributed by atoms with E-state index in [1.54, 1.807) is 0 Å². The average molecular weight is 318 g/mol. The molecule has 0 radical (unpaired) electrons. The molecule has 1 atom stereocenters. The monoisotopic (exact) mass is 318 g/mol. The van der Waals surface area contributed by atoms with E-state index in [0.717, 1.165) is 30.4 Å². The van der Waals surface area contributed by atoms with Gasteiger partial charge in [-0.05, 0) is 31.7 Å². The zero-order valence-corrected chi connectivity index (χ0v) is 13.9. The molecule has 0 aliphatic rings. The number of ether oxygens (including phenoxy) is 1. The Balaban J connectivity index is 2.29. The topological polar surface area (TPSA) is 67.4 Å². The molecule has 126 valence electrons. The highest BCUT2D eigenvalue weighted by molar-refractivity contribution is 5.72. The summed E-state index contributed by atoms with van der Waals surface area (Å²) < 4.78 is 5.22. The molecule has 1 aromatic carbocycles. The molecule has 0 aliphatic carbocycles. The molecular formula is C18H26N2O3. The van der Waals surface area contributed by atoms with Crippen molar-refractivity contribution >= 4 is 12.0 Å². The molecule has 0 bridgehead atoms. The molecule has 0 aliphatic heterocycles. The zero-order valence-electron chi connectivity index (χ0n) is 13.9. The number of hydrogen-bond donors (Lipinski definition) is 2. The third-order valence-electron chi connectivity index (χ3n) is 3.39. The number of hydrogen-bond acceptors (Lipinski definition) is 3. The van der Waals surface area contributed by atoms with Gasteiger partial charge in [0, 0.05) is 13.5 Å². The Bertz CT molecular complexity index is 514. The van der Waals surface area contributed by atoms with Crippen molar-refractivity contribution in [3.63, 3.8) is 0 Å². The van der Waals surface area contributed by atoms with Crippen LogP contribution in [0.25, 0.3) is 0 Å². The number of carbonyl (C=O) groups excluding carboxylic acids is 2. The number of unbranched alkanes of at least 4 members (excludes halogenated alkanes) is 1. The molecule has 1 rings (SSSR count). The number of benzene rings is 1. The smallest absolute Gasteiger partial charge is 0.407 e. The van der Waals surface area contributed by atoms with Crippen molar-refractivity contribution in [3.05, 3.63) is 48.0 Å². The second kappa shape index (κ2) is 10.4. The summed E-state index contributed by atoms with van der Waals surface area (Å²) in [4.78, 5) is 22.7. The average Bonchev–Trinajstić information content (AvgIpc) is 2.52. The van der Waals surface area contributed by atoms with E-state index in [9.17, 15) is 9.59 Å². The summed E-state index contributed by atoms with van der Waals surface area (Å²) in [6.07, 6.45) is 2.08. The molecular weight excluding hydrogens is 292 g/mol. The quantitative estimate of drug-likeness (QED) is 0.543. The fourth-order valence-electron chi connectivity index (χ4n) is 2.09. The lowest BCUT2D eigenvalue weighted by atomic mass is 10.0. The lowest BCUT2D eigenvalue weighted by molar-refractivity contribution is -0.118. The molecule has 2 N–H and O–H groups in total. The first kappa shape index (κ1) is 18.7. The van der Waals surface area contributed by atoms with Crippen molar-refractivity contribution in [3.8, 4) is 0 Å². The number of nitrogens with one attached hydrogen (secondary N) is 2. The summed E-state index contributed by atoms with van der Waals surface area (Å²) in [7, 11) is 0. The first-order chi connectivity index (χ1) is 11.0. The largest absolute Gasteiger partial charge is 0.445 e. The Hall–Kier alpha value is -2.30. The molecule has 0 spiro atoms. The van der Waals surface area contributed by atoms with Gasteiger partial charge in [0.25, 0.3) is 0 Å². The van der Waals surface area contributed by atoms with Gasteiger partial charge < -0.3 is 15.4 Å². The van der Waals surface area contributed by atoms with Crippen molar-refractivity contribution in [1.29, 1.82) is 0 Å². The summed E-state index contributed by atoms with van der Waals surface area (Å²) in [5.74, 6) is -0.0240. The van der Waals surface area contributed by atoms with E-state index in [4.69, 9.17) is 4.74 Å². The molecule has 1 aromatic rings. The SMILES string of the molecule is C=C(C)[C@H](CCCCNC(C)=O)NC(=O)OCc1ccccc1. The van der Waals surface area contributed by atoms with Gasteiger partial charge in [-0.15, -0.1) is 0 Å². The lowest BCUT2D eigenvalue weighted by Crippen LogP contribution is -2.36. The third-order valence-corrected chi connectivity index (χ3v) is 3.39. The van der Waals surface area contributed by atoms with Crippen LogP contribution in [-0.2, 0) is 16.1 Å². The molecule has 23 heavy (non-hydrogen) atoms. The van der Waals surface area contributed by atoms with Crippen LogP contribution in [0.3, 0.4) is 0 Å². The van der Waals surface area contributed by atoms with Gasteiger partial charge in [-0.3, -0.25) is 4.79 Å². The van der Waals surface area contributed by atoms with Gasteiger partial charge >= 0.3 is 6.09 Å². The zero-order chi connectivity index (χ0) is 17.1. The second-order valence-electron chi connectivity index (χ2n) is 5.58. The first-order valence-electron chi connectivity index (χ1n) is 7.86. The highest BCUT2D eigenvalue weighted by Gasteiger charge is 2.13. The van der Waals surface area contributed by atoms with Crippen LogP contribution in [0, 0.1) is 0 Å². The maximum absolute atomic E-state index is 11.9. The van der Waals surface area contributed by atoms with E-state index in [1.165, 1.54) is 6.92 Å². The molecule has 5 nitrogen and oxygen atoms in total. The molecule has 0 saturated carbocycles. The fourth-order valence-corrected chi connectivity index (χ4v) is 2.09. The van der Waals surface area contributed by atoms with Gasteiger partial charge in [-0.25, -0.2) is 4.79 Å². The van der Waals surface area contributed by atoms with Gasteiger partial charge in [0.2, 0.25) is 5.91 Å². The summed E-state index contributed by atoms with van der Waals surface area (Å²) in [5, 5.41) is 5.59. The lowest BCUT2D eigenvalue weighted by Gasteiger charge is -2.18. The molecule has 2 amide bonds. The molecule has 0 fully saturated rings. The normalized spacial score (nSPS) is 11.4. The van der Waals surface area contributed by atoms with E-state index in [-0.39, 0.29) is 18.6 Å². The Morgan fingerprint density at radius 1 is 1.17 bits per heavy atom. The Morgan fingerprint density at radius 2 is 1.87 bits per heavy atom. The number of amides is 2. The van der Waals surface area contributed by atoms with Gasteiger partial charge in [-0.2, -0.15) is 0 Å². The highest BCUT2D eigenvalue weighted by atomic mass is 16.5. The maximum Gasteiger partial charge on any atom is 0.407 e. The van der Waals surface area contributed by atoms with Gasteiger partial charge in [0.05, 0.1) is 6.04 Å². The van der Waals surface area contributed by atoms with Crippen LogP contribution in [0.5, 0.6) is 0 Å². The second-order valence-corrected chi connectivity index (χ2v) is 5.58. The molecule has 5 heteroatoms. The van der Waals surface area contributed by atoms with Crippen LogP contribution >= 0.6 is 0 Å². The van der Waals surface area contributed by atoms with E-state index in [2.05, 4.69) is 17.2 Å². The van der Waals surface area contributed by atoms with Crippen molar-refractivity contribution < 1.29 is 14.3 Å². The van der Waals surface area contributed by atoms with Gasteiger partial charge in [0.15, 0.2) is 0 Å². The Morgan fingerprint density at radius 3 is 2.48 bits per heavy atom. The van der Waals surface area contributed by atoms with E-state index in [1.807, 2.05) is 37.3 Å². The fraction of sp³-hybridized carbons (Fsp3) is 0.444. The third kappa shape index (κ3) is 8.66. The van der Waals surface area contributed by atoms with Crippen LogP contribution in [0.15, 0.2) is 42.5 Å². The Labute approximate surface area is 138 Å². The summed E-state index contributed by atoms with van der Waals surface area (Å²) in [5.41, 5.74) is 1.84. The predicted molar refractivity (Wildman–Crippen MR) is 90.9 cm³/mol. The van der Waals surface area contributed by atoms with Crippen LogP contribution in [0.4, 0.5) is 4.79 Å². The van der Waals surface area contributed by atoms with Gasteiger partial charge in [0.1, 0.15) is 6.61 Å². The van der Waals surface area contributed by atoms with E-state index < -0.39 is 6.09 Å². The minimum Gasteiger partial charge on any atom is -0.445 e. The van der Waals surface area contributed by atoms with Crippen molar-refractivity contribution in [2.45, 2.75) is 45.8 Å². The van der Waals surface area contributed by atoms with Crippen LogP contribution < -0.4 is 10.6 Å². The number of rotatable bonds is 9. The molecule has 0 aromatic heterocycles. The van der Waals surface area contributed by atoms with E-state index in [0.29, 0.717) is 6.54 Å². The maximum atomic E-state index is 11.9. The molecule has 0 saturated heterocycles. The summed E-state index contributed by atoms with van der Waals surface area (Å²) in [6, 6.07) is 9.43. The molecule has 0 heterocycles. The van der Waals surface area contributed by atoms with Crippen molar-refractivity contribution in [1.82, 2.24) is 10.6 Å². The van der Waals surface area contributed by atoms with Crippen LogP contribution in [-0.4, -0.2) is 24.6 Å². The first-order valence-corrected chi connectivity index (χ1v) is 7.86. The van der Waals surface area contributed by atoms with Crippen molar-refractivity contribution in [2.24, 2.45) is 0 Å². The summed E-state index contributed by atoms with van der Waals surface area (Å²) in [6.45, 7) is 8.20. The highest BCUT2D eigenvalue weighted by Crippen LogP contribution is 2.09. The van der Waals surface area contributed by atoms with Crippen molar-refractivity contribution in [2.75, 3.05) is 6.54 Å². The minimum absolute atomic E-state index is 0.0240. The van der Waals surface area contributed by atoms with Crippen LogP contribution in [0.2, 0.25) is 0 Å². The number of carbonyl (C=O) groups is 2.